The highest BCUT2D eigenvalue weighted by Crippen LogP contribution is 2.15. The van der Waals surface area contributed by atoms with Crippen molar-refractivity contribution in [2.45, 2.75) is 26.3 Å². The van der Waals surface area contributed by atoms with Gasteiger partial charge in [0.1, 0.15) is 5.78 Å². The zero-order valence-corrected chi connectivity index (χ0v) is 10.1. The lowest BCUT2D eigenvalue weighted by Gasteiger charge is -2.26. The van der Waals surface area contributed by atoms with Gasteiger partial charge in [-0.1, -0.05) is 6.07 Å². The Morgan fingerprint density at radius 2 is 2.29 bits per heavy atom. The van der Waals surface area contributed by atoms with E-state index in [4.69, 9.17) is 5.26 Å². The summed E-state index contributed by atoms with van der Waals surface area (Å²) in [6.07, 6.45) is 1.69. The molecule has 1 aliphatic heterocycles. The number of ketones is 1. The number of benzene rings is 1. The first kappa shape index (κ1) is 11.8. The highest BCUT2D eigenvalue weighted by molar-refractivity contribution is 5.81. The van der Waals surface area contributed by atoms with Gasteiger partial charge >= 0.3 is 0 Å². The SMILES string of the molecule is Cc1cc(C#N)ccc1CN1CCCC(=O)C1. The molecule has 3 heteroatoms. The fourth-order valence-electron chi connectivity index (χ4n) is 2.23. The second-order valence-electron chi connectivity index (χ2n) is 4.61. The molecular formula is C14H16N2O. The van der Waals surface area contributed by atoms with Crippen molar-refractivity contribution in [3.05, 3.63) is 34.9 Å². The lowest BCUT2D eigenvalue weighted by molar-refractivity contribution is -0.122. The number of piperidine rings is 1. The number of nitriles is 1. The minimum absolute atomic E-state index is 0.336. The van der Waals surface area contributed by atoms with Crippen LogP contribution in [-0.4, -0.2) is 23.8 Å². The normalized spacial score (nSPS) is 16.8. The molecule has 3 nitrogen and oxygen atoms in total. The maximum Gasteiger partial charge on any atom is 0.146 e. The summed E-state index contributed by atoms with van der Waals surface area (Å²) in [7, 11) is 0. The number of aryl methyl sites for hydroxylation is 1. The molecule has 1 saturated heterocycles. The molecule has 0 amide bonds. The topological polar surface area (TPSA) is 44.1 Å². The van der Waals surface area contributed by atoms with Gasteiger partial charge in [0, 0.05) is 13.0 Å². The van der Waals surface area contributed by atoms with Crippen LogP contribution in [0.3, 0.4) is 0 Å². The van der Waals surface area contributed by atoms with Crippen LogP contribution in [-0.2, 0) is 11.3 Å². The number of hydrogen-bond acceptors (Lipinski definition) is 3. The molecule has 88 valence electrons. The zero-order chi connectivity index (χ0) is 12.3. The van der Waals surface area contributed by atoms with Crippen LogP contribution in [0.5, 0.6) is 0 Å². The van der Waals surface area contributed by atoms with E-state index >= 15 is 0 Å². The molecule has 1 aliphatic rings. The minimum atomic E-state index is 0.336. The van der Waals surface area contributed by atoms with Crippen molar-refractivity contribution in [2.24, 2.45) is 0 Å². The van der Waals surface area contributed by atoms with Crippen molar-refractivity contribution >= 4 is 5.78 Å². The largest absolute Gasteiger partial charge is 0.298 e. The van der Waals surface area contributed by atoms with Gasteiger partial charge in [0.05, 0.1) is 18.2 Å². The summed E-state index contributed by atoms with van der Waals surface area (Å²) >= 11 is 0. The predicted octanol–water partition coefficient (Wildman–Crippen LogP) is 2.03. The van der Waals surface area contributed by atoms with E-state index in [9.17, 15) is 4.79 Å². The Hall–Kier alpha value is -1.66. The Kier molecular flexibility index (Phi) is 3.55. The lowest BCUT2D eigenvalue weighted by Crippen LogP contribution is -2.35. The van der Waals surface area contributed by atoms with E-state index in [1.807, 2.05) is 25.1 Å². The molecule has 0 N–H and O–H groups in total. The average Bonchev–Trinajstić information content (AvgIpc) is 2.32. The Morgan fingerprint density at radius 1 is 1.47 bits per heavy atom. The van der Waals surface area contributed by atoms with Crippen molar-refractivity contribution in [2.75, 3.05) is 13.1 Å². The summed E-state index contributed by atoms with van der Waals surface area (Å²) in [4.78, 5) is 13.5. The molecule has 1 aromatic carbocycles. The van der Waals surface area contributed by atoms with E-state index < -0.39 is 0 Å². The van der Waals surface area contributed by atoms with Crippen LogP contribution in [0.1, 0.15) is 29.5 Å². The average molecular weight is 228 g/mol. The quantitative estimate of drug-likeness (QED) is 0.778. The van der Waals surface area contributed by atoms with Gasteiger partial charge in [-0.25, -0.2) is 0 Å². The number of rotatable bonds is 2. The molecule has 17 heavy (non-hydrogen) atoms. The number of hydrogen-bond donors (Lipinski definition) is 0. The number of likely N-dealkylation sites (tertiary alicyclic amines) is 1. The standard InChI is InChI=1S/C14H16N2O/c1-11-7-12(8-15)4-5-13(11)9-16-6-2-3-14(17)10-16/h4-5,7H,2-3,6,9-10H2,1H3. The molecule has 1 aromatic rings. The predicted molar refractivity (Wildman–Crippen MR) is 65.4 cm³/mol. The van der Waals surface area contributed by atoms with Gasteiger partial charge in [0.15, 0.2) is 0 Å². The monoisotopic (exact) mass is 228 g/mol. The van der Waals surface area contributed by atoms with Crippen LogP contribution in [0, 0.1) is 18.3 Å². The Bertz CT molecular complexity index is 474. The summed E-state index contributed by atoms with van der Waals surface area (Å²) < 4.78 is 0. The highest BCUT2D eigenvalue weighted by atomic mass is 16.1. The summed E-state index contributed by atoms with van der Waals surface area (Å²) in [6.45, 7) is 4.38. The Labute approximate surface area is 102 Å². The summed E-state index contributed by atoms with van der Waals surface area (Å²) in [6, 6.07) is 7.88. The van der Waals surface area contributed by atoms with Crippen molar-refractivity contribution in [3.8, 4) is 6.07 Å². The molecule has 0 aromatic heterocycles. The first-order valence-electron chi connectivity index (χ1n) is 5.93. The summed E-state index contributed by atoms with van der Waals surface area (Å²) in [5.41, 5.74) is 3.03. The zero-order valence-electron chi connectivity index (χ0n) is 10.1. The second-order valence-corrected chi connectivity index (χ2v) is 4.61. The van der Waals surface area contributed by atoms with Crippen LogP contribution < -0.4 is 0 Å². The maximum atomic E-state index is 11.4. The molecule has 0 radical (unpaired) electrons. The Balaban J connectivity index is 2.08. The number of nitrogens with zero attached hydrogens (tertiary/aromatic N) is 2. The van der Waals surface area contributed by atoms with Gasteiger partial charge in [-0.15, -0.1) is 0 Å². The maximum absolute atomic E-state index is 11.4. The molecule has 0 bridgehead atoms. The van der Waals surface area contributed by atoms with Crippen molar-refractivity contribution < 1.29 is 4.79 Å². The van der Waals surface area contributed by atoms with Gasteiger partial charge < -0.3 is 0 Å². The molecule has 2 rings (SSSR count). The van der Waals surface area contributed by atoms with Gasteiger partial charge in [0.2, 0.25) is 0 Å². The Morgan fingerprint density at radius 3 is 2.94 bits per heavy atom. The third kappa shape index (κ3) is 2.92. The minimum Gasteiger partial charge on any atom is -0.298 e. The number of carbonyl (C=O) groups excluding carboxylic acids is 1. The second kappa shape index (κ2) is 5.11. The van der Waals surface area contributed by atoms with E-state index in [2.05, 4.69) is 11.0 Å². The molecule has 0 spiro atoms. The fourth-order valence-corrected chi connectivity index (χ4v) is 2.23. The van der Waals surface area contributed by atoms with E-state index in [0.717, 1.165) is 31.5 Å². The van der Waals surface area contributed by atoms with Crippen molar-refractivity contribution in [1.82, 2.24) is 4.90 Å². The van der Waals surface area contributed by atoms with Crippen LogP contribution in [0.4, 0.5) is 0 Å². The summed E-state index contributed by atoms with van der Waals surface area (Å²) in [5, 5.41) is 8.80. The van der Waals surface area contributed by atoms with Crippen LogP contribution >= 0.6 is 0 Å². The van der Waals surface area contributed by atoms with Gasteiger partial charge in [-0.3, -0.25) is 9.69 Å². The van der Waals surface area contributed by atoms with Gasteiger partial charge in [-0.2, -0.15) is 5.26 Å². The third-order valence-electron chi connectivity index (χ3n) is 3.20. The van der Waals surface area contributed by atoms with E-state index in [-0.39, 0.29) is 0 Å². The van der Waals surface area contributed by atoms with Crippen molar-refractivity contribution in [3.63, 3.8) is 0 Å². The molecule has 1 heterocycles. The first-order chi connectivity index (χ1) is 8.19. The van der Waals surface area contributed by atoms with Crippen LogP contribution in [0.2, 0.25) is 0 Å². The fraction of sp³-hybridized carbons (Fsp3) is 0.429. The molecule has 0 atom stereocenters. The van der Waals surface area contributed by atoms with Crippen LogP contribution in [0.25, 0.3) is 0 Å². The molecule has 0 unspecified atom stereocenters. The van der Waals surface area contributed by atoms with Gasteiger partial charge in [-0.05, 0) is 43.1 Å². The third-order valence-corrected chi connectivity index (χ3v) is 3.20. The number of carbonyl (C=O) groups is 1. The molecular weight excluding hydrogens is 212 g/mol. The molecule has 1 fully saturated rings. The smallest absolute Gasteiger partial charge is 0.146 e. The first-order valence-corrected chi connectivity index (χ1v) is 5.93. The van der Waals surface area contributed by atoms with Crippen LogP contribution in [0.15, 0.2) is 18.2 Å². The molecule has 0 aliphatic carbocycles. The lowest BCUT2D eigenvalue weighted by atomic mass is 10.0. The van der Waals surface area contributed by atoms with Gasteiger partial charge in [0.25, 0.3) is 0 Å². The van der Waals surface area contributed by atoms with E-state index in [1.54, 1.807) is 0 Å². The van der Waals surface area contributed by atoms with Crippen molar-refractivity contribution in [1.29, 1.82) is 5.26 Å². The molecule has 0 saturated carbocycles. The summed E-state index contributed by atoms with van der Waals surface area (Å²) in [5.74, 6) is 0.336. The van der Waals surface area contributed by atoms with E-state index in [1.165, 1.54) is 5.56 Å². The number of Topliss-reactive ketones (excluding diaryl/α,β-unsaturated/α-hetero) is 1. The van der Waals surface area contributed by atoms with E-state index in [0.29, 0.717) is 17.9 Å². The highest BCUT2D eigenvalue weighted by Gasteiger charge is 2.17.